The number of anilines is 1. The van der Waals surface area contributed by atoms with Crippen LogP contribution in [0.1, 0.15) is 32.4 Å². The number of hydrogen-bond acceptors (Lipinski definition) is 4. The number of nitrogens with zero attached hydrogens (tertiary/aromatic N) is 1. The summed E-state index contributed by atoms with van der Waals surface area (Å²) in [6.45, 7) is 3.63. The van der Waals surface area contributed by atoms with Crippen molar-refractivity contribution in [2.45, 2.75) is 20.3 Å². The molecule has 2 aromatic heterocycles. The Morgan fingerprint density at radius 2 is 1.88 bits per heavy atom. The summed E-state index contributed by atoms with van der Waals surface area (Å²) in [6.07, 6.45) is 0.785. The Hall–Kier alpha value is -2.92. The number of para-hydroxylation sites is 1. The van der Waals surface area contributed by atoms with Gasteiger partial charge in [-0.2, -0.15) is 0 Å². The quantitative estimate of drug-likeness (QED) is 0.532. The molecule has 0 bridgehead atoms. The second-order valence-corrected chi connectivity index (χ2v) is 7.35. The third-order valence-corrected chi connectivity index (χ3v) is 5.23. The van der Waals surface area contributed by atoms with Gasteiger partial charge in [0.15, 0.2) is 0 Å². The minimum Gasteiger partial charge on any atom is -0.466 e. The first kappa shape index (κ1) is 16.5. The molecule has 2 heterocycles. The van der Waals surface area contributed by atoms with Crippen molar-refractivity contribution in [3.8, 4) is 0 Å². The highest BCUT2D eigenvalue weighted by molar-refractivity contribution is 7.18. The van der Waals surface area contributed by atoms with Gasteiger partial charge in [-0.05, 0) is 49.7 Å². The molecule has 4 nitrogen and oxygen atoms in total. The zero-order valence-electron chi connectivity index (χ0n) is 14.6. The second kappa shape index (κ2) is 6.77. The van der Waals surface area contributed by atoms with E-state index in [0.29, 0.717) is 11.3 Å². The van der Waals surface area contributed by atoms with Crippen molar-refractivity contribution in [1.82, 2.24) is 4.98 Å². The normalized spacial score (nSPS) is 11.0. The number of furan rings is 1. The standard InChI is InChI=1S/C21H18N2O2S/c1-13-11-17(14(2)25-13)21(24)22-16-9-7-15(8-10-16)12-20-23-18-5-3-4-6-19(18)26-20/h3-11H,12H2,1-2H3,(H,22,24). The summed E-state index contributed by atoms with van der Waals surface area (Å²) in [7, 11) is 0. The summed E-state index contributed by atoms with van der Waals surface area (Å²) in [6, 6.07) is 17.8. The van der Waals surface area contributed by atoms with Crippen molar-refractivity contribution in [2.24, 2.45) is 0 Å². The van der Waals surface area contributed by atoms with E-state index in [9.17, 15) is 4.79 Å². The fourth-order valence-electron chi connectivity index (χ4n) is 2.93. The van der Waals surface area contributed by atoms with Gasteiger partial charge >= 0.3 is 0 Å². The Bertz CT molecular complexity index is 1040. The Morgan fingerprint density at radius 3 is 2.58 bits per heavy atom. The summed E-state index contributed by atoms with van der Waals surface area (Å²) in [5, 5.41) is 4.00. The van der Waals surface area contributed by atoms with Gasteiger partial charge in [0.2, 0.25) is 0 Å². The number of carbonyl (C=O) groups is 1. The first-order valence-corrected chi connectivity index (χ1v) is 9.22. The molecule has 26 heavy (non-hydrogen) atoms. The summed E-state index contributed by atoms with van der Waals surface area (Å²) in [4.78, 5) is 17.0. The molecule has 0 spiro atoms. The van der Waals surface area contributed by atoms with Crippen molar-refractivity contribution in [3.63, 3.8) is 0 Å². The number of amides is 1. The van der Waals surface area contributed by atoms with Crippen molar-refractivity contribution in [3.05, 3.63) is 82.3 Å². The van der Waals surface area contributed by atoms with Gasteiger partial charge < -0.3 is 9.73 Å². The summed E-state index contributed by atoms with van der Waals surface area (Å²) < 4.78 is 6.62. The molecule has 0 saturated heterocycles. The van der Waals surface area contributed by atoms with Crippen LogP contribution in [0.15, 0.2) is 59.0 Å². The highest BCUT2D eigenvalue weighted by atomic mass is 32.1. The van der Waals surface area contributed by atoms with Crippen molar-refractivity contribution >= 4 is 33.1 Å². The third-order valence-electron chi connectivity index (χ3n) is 4.19. The number of thiazole rings is 1. The maximum Gasteiger partial charge on any atom is 0.259 e. The van der Waals surface area contributed by atoms with E-state index >= 15 is 0 Å². The number of benzene rings is 2. The first-order valence-electron chi connectivity index (χ1n) is 8.40. The molecule has 0 aliphatic carbocycles. The largest absolute Gasteiger partial charge is 0.466 e. The second-order valence-electron chi connectivity index (χ2n) is 6.23. The van der Waals surface area contributed by atoms with Crippen molar-refractivity contribution in [1.29, 1.82) is 0 Å². The summed E-state index contributed by atoms with van der Waals surface area (Å²) in [5.74, 6) is 1.21. The van der Waals surface area contributed by atoms with Gasteiger partial charge in [0.25, 0.3) is 5.91 Å². The topological polar surface area (TPSA) is 55.1 Å². The van der Waals surface area contributed by atoms with E-state index < -0.39 is 0 Å². The Kier molecular flexibility index (Phi) is 4.31. The molecule has 1 amide bonds. The number of aryl methyl sites for hydroxylation is 2. The molecule has 0 unspecified atom stereocenters. The highest BCUT2D eigenvalue weighted by Gasteiger charge is 2.13. The maximum absolute atomic E-state index is 12.3. The molecule has 5 heteroatoms. The number of nitrogens with one attached hydrogen (secondary N) is 1. The number of rotatable bonds is 4. The van der Waals surface area contributed by atoms with Crippen LogP contribution < -0.4 is 5.32 Å². The number of aromatic nitrogens is 1. The molecule has 0 aliphatic heterocycles. The average molecular weight is 362 g/mol. The predicted molar refractivity (Wildman–Crippen MR) is 105 cm³/mol. The number of carbonyl (C=O) groups excluding carboxylic acids is 1. The lowest BCUT2D eigenvalue weighted by atomic mass is 10.1. The van der Waals surface area contributed by atoms with Crippen LogP contribution in [0.5, 0.6) is 0 Å². The summed E-state index contributed by atoms with van der Waals surface area (Å²) >= 11 is 1.72. The van der Waals surface area contributed by atoms with Crippen LogP contribution in [-0.4, -0.2) is 10.9 Å². The molecular weight excluding hydrogens is 344 g/mol. The first-order chi connectivity index (χ1) is 12.6. The monoisotopic (exact) mass is 362 g/mol. The third kappa shape index (κ3) is 3.39. The molecule has 130 valence electrons. The zero-order chi connectivity index (χ0) is 18.1. The minimum absolute atomic E-state index is 0.154. The van der Waals surface area contributed by atoms with E-state index in [4.69, 9.17) is 4.42 Å². The smallest absolute Gasteiger partial charge is 0.259 e. The van der Waals surface area contributed by atoms with E-state index in [1.54, 1.807) is 24.3 Å². The summed E-state index contributed by atoms with van der Waals surface area (Å²) in [5.41, 5.74) is 3.54. The molecular formula is C21H18N2O2S. The minimum atomic E-state index is -0.154. The lowest BCUT2D eigenvalue weighted by Gasteiger charge is -2.05. The fraction of sp³-hybridized carbons (Fsp3) is 0.143. The van der Waals surface area contributed by atoms with E-state index in [2.05, 4.69) is 16.4 Å². The SMILES string of the molecule is Cc1cc(C(=O)Nc2ccc(Cc3nc4ccccc4s3)cc2)c(C)o1. The van der Waals surface area contributed by atoms with Crippen LogP contribution in [0.2, 0.25) is 0 Å². The van der Waals surface area contributed by atoms with E-state index in [0.717, 1.165) is 34.0 Å². The van der Waals surface area contributed by atoms with Crippen LogP contribution in [0.3, 0.4) is 0 Å². The van der Waals surface area contributed by atoms with Gasteiger partial charge in [-0.25, -0.2) is 4.98 Å². The van der Waals surface area contributed by atoms with Crippen LogP contribution in [-0.2, 0) is 6.42 Å². The molecule has 0 aliphatic rings. The van der Waals surface area contributed by atoms with Crippen molar-refractivity contribution in [2.75, 3.05) is 5.32 Å². The molecule has 0 atom stereocenters. The van der Waals surface area contributed by atoms with E-state index in [-0.39, 0.29) is 5.91 Å². The fourth-order valence-corrected chi connectivity index (χ4v) is 3.93. The highest BCUT2D eigenvalue weighted by Crippen LogP contribution is 2.24. The average Bonchev–Trinajstić information content (AvgIpc) is 3.18. The molecule has 0 radical (unpaired) electrons. The Morgan fingerprint density at radius 1 is 1.12 bits per heavy atom. The zero-order valence-corrected chi connectivity index (χ0v) is 15.4. The molecule has 1 N–H and O–H groups in total. The lowest BCUT2D eigenvalue weighted by Crippen LogP contribution is -2.12. The van der Waals surface area contributed by atoms with Crippen LogP contribution in [0.4, 0.5) is 5.69 Å². The molecule has 2 aromatic carbocycles. The number of fused-ring (bicyclic) bond motifs is 1. The molecule has 4 aromatic rings. The maximum atomic E-state index is 12.3. The van der Waals surface area contributed by atoms with Crippen molar-refractivity contribution < 1.29 is 9.21 Å². The van der Waals surface area contributed by atoms with Crippen LogP contribution in [0, 0.1) is 13.8 Å². The molecule has 0 saturated carbocycles. The molecule has 4 rings (SSSR count). The van der Waals surface area contributed by atoms with Gasteiger partial charge in [-0.1, -0.05) is 24.3 Å². The predicted octanol–water partition coefficient (Wildman–Crippen LogP) is 5.35. The number of hydrogen-bond donors (Lipinski definition) is 1. The lowest BCUT2D eigenvalue weighted by molar-refractivity contribution is 0.102. The van der Waals surface area contributed by atoms with Crippen LogP contribution in [0.25, 0.3) is 10.2 Å². The van der Waals surface area contributed by atoms with Gasteiger partial charge in [-0.15, -0.1) is 11.3 Å². The van der Waals surface area contributed by atoms with Gasteiger partial charge in [-0.3, -0.25) is 4.79 Å². The van der Waals surface area contributed by atoms with Crippen LogP contribution >= 0.6 is 11.3 Å². The van der Waals surface area contributed by atoms with Gasteiger partial charge in [0, 0.05) is 12.1 Å². The van der Waals surface area contributed by atoms with E-state index in [1.807, 2.05) is 49.4 Å². The van der Waals surface area contributed by atoms with E-state index in [1.165, 1.54) is 4.70 Å². The van der Waals surface area contributed by atoms with Gasteiger partial charge in [0.05, 0.1) is 20.8 Å². The Labute approximate surface area is 155 Å². The molecule has 0 fully saturated rings. The Balaban J connectivity index is 1.46. The van der Waals surface area contributed by atoms with Gasteiger partial charge in [0.1, 0.15) is 11.5 Å².